The second-order valence-corrected chi connectivity index (χ2v) is 7.64. The molecule has 4 rings (SSSR count). The Bertz CT molecular complexity index is 862. The van der Waals surface area contributed by atoms with E-state index in [9.17, 15) is 13.2 Å². The Morgan fingerprint density at radius 1 is 1.12 bits per heavy atom. The first-order valence-corrected chi connectivity index (χ1v) is 9.12. The molecular weight excluding hydrogens is 415 g/mol. The maximum absolute atomic E-state index is 13.5. The molecule has 0 radical (unpaired) electrons. The molecule has 0 bridgehead atoms. The predicted molar refractivity (Wildman–Crippen MR) is 96.9 cm³/mol. The number of hydrogen-bond donors (Lipinski definition) is 1. The Kier molecular flexibility index (Phi) is 4.12. The predicted octanol–water partition coefficient (Wildman–Crippen LogP) is 6.95. The van der Waals surface area contributed by atoms with E-state index < -0.39 is 11.7 Å². The Labute approximate surface area is 157 Å². The van der Waals surface area contributed by atoms with Gasteiger partial charge in [-0.15, -0.1) is 0 Å². The summed E-state index contributed by atoms with van der Waals surface area (Å²) in [4.78, 5) is 0. The minimum atomic E-state index is -4.41. The van der Waals surface area contributed by atoms with Gasteiger partial charge in [-0.2, -0.15) is 13.2 Å². The van der Waals surface area contributed by atoms with Crippen molar-refractivity contribution in [3.63, 3.8) is 0 Å². The van der Waals surface area contributed by atoms with Crippen LogP contribution in [0.15, 0.2) is 53.0 Å². The molecule has 6 heteroatoms. The van der Waals surface area contributed by atoms with E-state index in [0.29, 0.717) is 10.7 Å². The molecule has 2 aliphatic rings. The highest BCUT2D eigenvalue weighted by atomic mass is 79.9. The summed E-state index contributed by atoms with van der Waals surface area (Å²) in [6.07, 6.45) is 0.182. The number of hydrogen-bond acceptors (Lipinski definition) is 1. The summed E-state index contributed by atoms with van der Waals surface area (Å²) in [7, 11) is 0. The number of rotatable bonds is 1. The number of halogens is 5. The Morgan fingerprint density at radius 3 is 2.60 bits per heavy atom. The fourth-order valence-corrected chi connectivity index (χ4v) is 4.71. The van der Waals surface area contributed by atoms with Gasteiger partial charge < -0.3 is 5.32 Å². The lowest BCUT2D eigenvalue weighted by atomic mass is 9.75. The maximum Gasteiger partial charge on any atom is 0.416 e. The number of benzene rings is 2. The minimum absolute atomic E-state index is 0.0192. The van der Waals surface area contributed by atoms with E-state index >= 15 is 0 Å². The van der Waals surface area contributed by atoms with Gasteiger partial charge in [-0.1, -0.05) is 57.9 Å². The summed E-state index contributed by atoms with van der Waals surface area (Å²) in [6.45, 7) is 0. The largest absolute Gasteiger partial charge is 0.416 e. The number of allylic oxidation sites excluding steroid dienone is 2. The molecule has 1 heterocycles. The molecule has 0 unspecified atom stereocenters. The quantitative estimate of drug-likeness (QED) is 0.485. The highest BCUT2D eigenvalue weighted by molar-refractivity contribution is 9.10. The van der Waals surface area contributed by atoms with E-state index in [1.165, 1.54) is 6.07 Å². The van der Waals surface area contributed by atoms with Gasteiger partial charge in [-0.25, -0.2) is 0 Å². The third-order valence-corrected chi connectivity index (χ3v) is 6.05. The van der Waals surface area contributed by atoms with E-state index in [4.69, 9.17) is 11.6 Å². The molecule has 1 nitrogen and oxygen atoms in total. The summed E-state index contributed by atoms with van der Waals surface area (Å²) in [5.74, 6) is -0.283. The summed E-state index contributed by atoms with van der Waals surface area (Å²) < 4.78 is 41.6. The zero-order valence-electron chi connectivity index (χ0n) is 12.9. The second kappa shape index (κ2) is 6.06. The third-order valence-electron chi connectivity index (χ3n) is 5.01. The van der Waals surface area contributed by atoms with Gasteiger partial charge in [0.15, 0.2) is 0 Å². The summed E-state index contributed by atoms with van der Waals surface area (Å²) in [5.41, 5.74) is 1.08. The minimum Gasteiger partial charge on any atom is -0.376 e. The van der Waals surface area contributed by atoms with Crippen LogP contribution in [0.25, 0.3) is 0 Å². The summed E-state index contributed by atoms with van der Waals surface area (Å²) >= 11 is 9.84. The fraction of sp³-hybridized carbons (Fsp3) is 0.263. The maximum atomic E-state index is 13.5. The van der Waals surface area contributed by atoms with Gasteiger partial charge in [0.2, 0.25) is 0 Å². The van der Waals surface area contributed by atoms with E-state index in [0.717, 1.165) is 22.5 Å². The molecule has 1 N–H and O–H groups in total. The van der Waals surface area contributed by atoms with Crippen LogP contribution < -0.4 is 5.32 Å². The number of nitrogens with one attached hydrogen (secondary N) is 1. The molecule has 1 aliphatic carbocycles. The first-order valence-electron chi connectivity index (χ1n) is 7.95. The van der Waals surface area contributed by atoms with Crippen molar-refractivity contribution >= 4 is 33.2 Å². The van der Waals surface area contributed by atoms with Crippen molar-refractivity contribution in [3.05, 3.63) is 74.7 Å². The molecule has 0 spiro atoms. The van der Waals surface area contributed by atoms with Crippen molar-refractivity contribution < 1.29 is 13.2 Å². The molecule has 0 fully saturated rings. The van der Waals surface area contributed by atoms with Crippen LogP contribution in [0.3, 0.4) is 0 Å². The van der Waals surface area contributed by atoms with Crippen molar-refractivity contribution in [1.29, 1.82) is 0 Å². The number of anilines is 1. The van der Waals surface area contributed by atoms with E-state index in [1.54, 1.807) is 0 Å². The Morgan fingerprint density at radius 2 is 1.88 bits per heavy atom. The lowest BCUT2D eigenvalue weighted by Crippen LogP contribution is -2.31. The van der Waals surface area contributed by atoms with Crippen LogP contribution in [-0.2, 0) is 6.18 Å². The molecule has 0 aromatic heterocycles. The highest BCUT2D eigenvalue weighted by Gasteiger charge is 2.45. The Balaban J connectivity index is 1.90. The molecule has 2 aromatic carbocycles. The van der Waals surface area contributed by atoms with Gasteiger partial charge in [-0.3, -0.25) is 0 Å². The van der Waals surface area contributed by atoms with Crippen LogP contribution in [0, 0.1) is 5.92 Å². The molecule has 0 saturated carbocycles. The Hall–Kier alpha value is -1.46. The average molecular weight is 429 g/mol. The van der Waals surface area contributed by atoms with E-state index in [2.05, 4.69) is 21.2 Å². The number of fused-ring (bicyclic) bond motifs is 3. The van der Waals surface area contributed by atoms with Gasteiger partial charge in [0, 0.05) is 10.4 Å². The van der Waals surface area contributed by atoms with Crippen LogP contribution in [0.2, 0.25) is 5.02 Å². The zero-order chi connectivity index (χ0) is 17.8. The zero-order valence-corrected chi connectivity index (χ0v) is 15.3. The summed E-state index contributed by atoms with van der Waals surface area (Å²) in [5, 5.41) is 3.62. The van der Waals surface area contributed by atoms with Crippen molar-refractivity contribution in [3.8, 4) is 0 Å². The van der Waals surface area contributed by atoms with Gasteiger partial charge in [0.25, 0.3) is 0 Å². The molecule has 3 atom stereocenters. The lowest BCUT2D eigenvalue weighted by molar-refractivity contribution is -0.138. The molecule has 0 amide bonds. The molecule has 25 heavy (non-hydrogen) atoms. The van der Waals surface area contributed by atoms with Gasteiger partial charge >= 0.3 is 6.18 Å². The molecular formula is C19H14BrClF3N. The normalized spacial score (nSPS) is 24.6. The third kappa shape index (κ3) is 2.77. The highest BCUT2D eigenvalue weighted by Crippen LogP contribution is 2.55. The number of alkyl halides is 3. The topological polar surface area (TPSA) is 12.0 Å². The van der Waals surface area contributed by atoms with Crippen LogP contribution in [-0.4, -0.2) is 0 Å². The van der Waals surface area contributed by atoms with Crippen molar-refractivity contribution in [2.24, 2.45) is 5.92 Å². The monoisotopic (exact) mass is 427 g/mol. The fourth-order valence-electron chi connectivity index (χ4n) is 3.96. The van der Waals surface area contributed by atoms with Crippen LogP contribution in [0.1, 0.15) is 35.1 Å². The van der Waals surface area contributed by atoms with Gasteiger partial charge in [0.1, 0.15) is 0 Å². The molecule has 130 valence electrons. The average Bonchev–Trinajstić information content (AvgIpc) is 3.04. The molecule has 1 aliphatic heterocycles. The van der Waals surface area contributed by atoms with Crippen LogP contribution >= 0.6 is 27.5 Å². The SMILES string of the molecule is FC(F)(F)c1ccc(Cl)c2c1[C@@H]1C=CC[C@@H]1[C@H](c1ccccc1Br)N2. The molecule has 2 aromatic rings. The van der Waals surface area contributed by atoms with Crippen molar-refractivity contribution in [2.75, 3.05) is 5.32 Å². The van der Waals surface area contributed by atoms with Gasteiger partial charge in [-0.05, 0) is 41.7 Å². The lowest BCUT2D eigenvalue weighted by Gasteiger charge is -2.39. The molecule has 0 saturated heterocycles. The standard InChI is InChI=1S/C19H14BrClF3N/c20-14-7-2-1-4-12(14)17-11-6-3-5-10(11)16-13(19(22,23)24)8-9-15(21)18(16)25-17/h1-5,7-11,17,25H,6H2/t10-,11+,17-/m1/s1. The first-order chi connectivity index (χ1) is 11.9. The second-order valence-electron chi connectivity index (χ2n) is 6.38. The van der Waals surface area contributed by atoms with Crippen LogP contribution in [0.5, 0.6) is 0 Å². The first kappa shape index (κ1) is 17.0. The van der Waals surface area contributed by atoms with Crippen molar-refractivity contribution in [2.45, 2.75) is 24.6 Å². The van der Waals surface area contributed by atoms with Crippen molar-refractivity contribution in [1.82, 2.24) is 0 Å². The van der Waals surface area contributed by atoms with Crippen LogP contribution in [0.4, 0.5) is 18.9 Å². The smallest absolute Gasteiger partial charge is 0.376 e. The van der Waals surface area contributed by atoms with E-state index in [1.807, 2.05) is 36.4 Å². The van der Waals surface area contributed by atoms with E-state index in [-0.39, 0.29) is 23.4 Å². The summed E-state index contributed by atoms with van der Waals surface area (Å²) in [6, 6.07) is 10.1. The van der Waals surface area contributed by atoms with Gasteiger partial charge in [0.05, 0.1) is 22.3 Å².